The molecule has 0 bridgehead atoms. The molecule has 0 amide bonds. The summed E-state index contributed by atoms with van der Waals surface area (Å²) in [6.45, 7) is 1.89. The van der Waals surface area contributed by atoms with Crippen LogP contribution in [0.25, 0.3) is 56.4 Å². The third kappa shape index (κ3) is 12.5. The smallest absolute Gasteiger partial charge is 0.870 e. The Kier molecular flexibility index (Phi) is 18.6. The molecule has 356 valence electrons. The van der Waals surface area contributed by atoms with Gasteiger partial charge in [-0.3, -0.25) is 9.13 Å². The fourth-order valence-corrected chi connectivity index (χ4v) is 9.90. The van der Waals surface area contributed by atoms with E-state index in [4.69, 9.17) is 74.3 Å². The first-order valence-electron chi connectivity index (χ1n) is 19.8. The number of nitrogens with zero attached hydrogens (tertiary/aromatic N) is 4. The van der Waals surface area contributed by atoms with Gasteiger partial charge >= 0.3 is 41.5 Å². The quantitative estimate of drug-likeness (QED) is 0.0956. The maximum atomic E-state index is 12.4. The van der Waals surface area contributed by atoms with E-state index in [2.05, 4.69) is 9.97 Å². The third-order valence-corrected chi connectivity index (χ3v) is 14.2. The van der Waals surface area contributed by atoms with Crippen molar-refractivity contribution >= 4 is 101 Å². The van der Waals surface area contributed by atoms with E-state index < -0.39 is 31.6 Å². The molecule has 0 aliphatic rings. The van der Waals surface area contributed by atoms with Gasteiger partial charge in [0, 0.05) is 24.9 Å². The number of rotatable bonds is 11. The van der Waals surface area contributed by atoms with E-state index in [9.17, 15) is 31.5 Å². The second-order valence-electron chi connectivity index (χ2n) is 14.8. The Balaban J connectivity index is 0.000000254. The van der Waals surface area contributed by atoms with Crippen molar-refractivity contribution in [2.45, 2.75) is 16.7 Å². The van der Waals surface area contributed by atoms with Gasteiger partial charge in [-0.05, 0) is 102 Å². The van der Waals surface area contributed by atoms with Crippen LogP contribution in [0.4, 0.5) is 0 Å². The van der Waals surface area contributed by atoms with Crippen LogP contribution in [0.5, 0.6) is 0 Å². The van der Waals surface area contributed by atoms with E-state index >= 15 is 0 Å². The van der Waals surface area contributed by atoms with E-state index in [1.165, 1.54) is 29.1 Å². The van der Waals surface area contributed by atoms with Crippen LogP contribution in [0, 0.1) is 0 Å². The number of hydrogen-bond acceptors (Lipinski definition) is 10. The van der Waals surface area contributed by atoms with Crippen molar-refractivity contribution < 1.29 is 71.3 Å². The predicted molar refractivity (Wildman–Crippen MR) is 270 cm³/mol. The largest absolute Gasteiger partial charge is 1.00 e. The number of halogens is 6. The van der Waals surface area contributed by atoms with Crippen molar-refractivity contribution in [3.05, 3.63) is 175 Å². The second-order valence-corrected chi connectivity index (χ2v) is 21.3. The fourth-order valence-electron chi connectivity index (χ4n) is 6.89. The number of carbonyl (C=O) groups excluding carboxylic acids is 1. The standard InChI is InChI=1S/C25H19Cl3N2O4S.C23H15Cl3N2O4S.Na.H2O/c1-3-34-25(31)21-14-30(24(29-21)23-18(26)8-5-9-19(23)27)22-11-10-16(13-20(22)28)15-6-4-7-17(12-15)35(2,32)33;1-33(31,32)15-5-2-4-13(10-15)14-8-9-20(18(26)11-14)28-12-19(23(29)30)27-22(28)21-16(24)6-3-7-17(21)25;;/h4-14H,3H2,1-2H3;2-12H,1H3,(H,29,30);;1H2/q;;+1;/p-1. The number of esters is 1. The summed E-state index contributed by atoms with van der Waals surface area (Å²) in [7, 11) is -6.73. The van der Waals surface area contributed by atoms with Crippen molar-refractivity contribution in [1.29, 1.82) is 0 Å². The third-order valence-electron chi connectivity index (χ3n) is 10.1. The Hall–Kier alpha value is -4.72. The van der Waals surface area contributed by atoms with Gasteiger partial charge in [0.2, 0.25) is 0 Å². The Morgan fingerprint density at radius 1 is 0.543 bits per heavy atom. The molecule has 0 aliphatic carbocycles. The van der Waals surface area contributed by atoms with Crippen LogP contribution >= 0.6 is 69.6 Å². The van der Waals surface area contributed by atoms with Crippen LogP contribution in [-0.4, -0.2) is 77.6 Å². The van der Waals surface area contributed by atoms with Crippen molar-refractivity contribution in [3.63, 3.8) is 0 Å². The Morgan fingerprint density at radius 3 is 1.26 bits per heavy atom. The summed E-state index contributed by atoms with van der Waals surface area (Å²) in [6.07, 6.45) is 5.15. The molecule has 0 radical (unpaired) electrons. The summed E-state index contributed by atoms with van der Waals surface area (Å²) in [6, 6.07) is 33.4. The van der Waals surface area contributed by atoms with Crippen molar-refractivity contribution in [2.24, 2.45) is 0 Å². The van der Waals surface area contributed by atoms with Gasteiger partial charge in [0.05, 0.1) is 69.0 Å². The molecule has 8 rings (SSSR count). The Morgan fingerprint density at radius 2 is 0.900 bits per heavy atom. The Bertz CT molecular complexity index is 3490. The summed E-state index contributed by atoms with van der Waals surface area (Å²) < 4.78 is 56.0. The molecule has 2 N–H and O–H groups in total. The number of carbonyl (C=O) groups is 2. The van der Waals surface area contributed by atoms with Gasteiger partial charge in [0.1, 0.15) is 11.6 Å². The molecule has 22 heteroatoms. The molecular weight excluding hydrogens is 1080 g/mol. The van der Waals surface area contributed by atoms with Crippen molar-refractivity contribution in [1.82, 2.24) is 19.1 Å². The first kappa shape index (κ1) is 56.2. The predicted octanol–water partition coefficient (Wildman–Crippen LogP) is 9.84. The zero-order chi connectivity index (χ0) is 49.2. The number of aromatic nitrogens is 4. The first-order chi connectivity index (χ1) is 32.2. The van der Waals surface area contributed by atoms with Gasteiger partial charge in [-0.25, -0.2) is 36.4 Å². The molecule has 6 aromatic carbocycles. The number of carboxylic acids is 1. The number of ether oxygens (including phenoxy) is 1. The maximum Gasteiger partial charge on any atom is 1.00 e. The average molecular weight is 1110 g/mol. The van der Waals surface area contributed by atoms with Gasteiger partial charge in [-0.2, -0.15) is 0 Å². The van der Waals surface area contributed by atoms with E-state index in [1.807, 2.05) is 0 Å². The fraction of sp³-hybridized carbons (Fsp3) is 0.0833. The molecule has 0 atom stereocenters. The summed E-state index contributed by atoms with van der Waals surface area (Å²) >= 11 is 38.8. The number of carboxylic acid groups (broad SMARTS) is 1. The molecule has 13 nitrogen and oxygen atoms in total. The molecule has 0 unspecified atom stereocenters. The van der Waals surface area contributed by atoms with Crippen LogP contribution in [-0.2, 0) is 24.4 Å². The molecule has 2 aromatic heterocycles. The molecule has 0 saturated carbocycles. The van der Waals surface area contributed by atoms with Crippen molar-refractivity contribution in [3.8, 4) is 56.4 Å². The number of hydrogen-bond donors (Lipinski definition) is 1. The molecule has 0 saturated heterocycles. The van der Waals surface area contributed by atoms with Crippen LogP contribution in [0.2, 0.25) is 30.1 Å². The summed E-state index contributed by atoms with van der Waals surface area (Å²) in [4.78, 5) is 33.1. The second kappa shape index (κ2) is 23.2. The number of imidazole rings is 2. The van der Waals surface area contributed by atoms with Gasteiger partial charge < -0.3 is 15.3 Å². The molecule has 70 heavy (non-hydrogen) atoms. The summed E-state index contributed by atoms with van der Waals surface area (Å²) in [5.74, 6) is -1.28. The molecular formula is C48H35Cl6N4NaO9S2. The van der Waals surface area contributed by atoms with E-state index in [0.717, 1.165) is 12.5 Å². The monoisotopic (exact) mass is 1110 g/mol. The minimum absolute atomic E-state index is 0. The van der Waals surface area contributed by atoms with E-state index in [0.29, 0.717) is 75.7 Å². The van der Waals surface area contributed by atoms with Gasteiger partial charge in [-0.1, -0.05) is 118 Å². The van der Waals surface area contributed by atoms with E-state index in [1.54, 1.807) is 121 Å². The van der Waals surface area contributed by atoms with Crippen LogP contribution < -0.4 is 29.6 Å². The zero-order valence-corrected chi connectivity index (χ0v) is 45.2. The molecule has 0 fully saturated rings. The minimum Gasteiger partial charge on any atom is -0.870 e. The topological polar surface area (TPSA) is 198 Å². The summed E-state index contributed by atoms with van der Waals surface area (Å²) in [5, 5.41) is 11.4. The number of benzene rings is 6. The normalized spacial score (nSPS) is 11.2. The SMILES string of the molecule is CCOC(=O)c1cn(-c2ccc(-c3cccc(S(C)(=O)=O)c3)cc2Cl)c(-c2c(Cl)cccc2Cl)n1.CS(=O)(=O)c1cccc(-c2ccc(-n3cc(C(=O)O)nc3-c3c(Cl)cccc3Cl)c(Cl)c2)c1.[Na+].[OH-]. The molecule has 2 heterocycles. The van der Waals surface area contributed by atoms with Crippen LogP contribution in [0.1, 0.15) is 27.9 Å². The maximum absolute atomic E-state index is 12.4. The Labute approximate surface area is 454 Å². The zero-order valence-electron chi connectivity index (χ0n) is 37.0. The number of aromatic carboxylic acids is 1. The number of sulfone groups is 2. The minimum atomic E-state index is -3.37. The molecule has 8 aromatic rings. The summed E-state index contributed by atoms with van der Waals surface area (Å²) in [5.41, 5.74) is 4.39. The van der Waals surface area contributed by atoms with Crippen molar-refractivity contribution in [2.75, 3.05) is 19.1 Å². The van der Waals surface area contributed by atoms with Gasteiger partial charge in [0.15, 0.2) is 31.1 Å². The first-order valence-corrected chi connectivity index (χ1v) is 25.9. The van der Waals surface area contributed by atoms with Crippen LogP contribution in [0.15, 0.2) is 144 Å². The van der Waals surface area contributed by atoms with Crippen LogP contribution in [0.3, 0.4) is 0 Å². The van der Waals surface area contributed by atoms with Gasteiger partial charge in [0.25, 0.3) is 0 Å². The molecule has 0 spiro atoms. The molecule has 0 aliphatic heterocycles. The van der Waals surface area contributed by atoms with Gasteiger partial charge in [-0.15, -0.1) is 0 Å². The van der Waals surface area contributed by atoms with E-state index in [-0.39, 0.29) is 73.7 Å². The average Bonchev–Trinajstić information content (AvgIpc) is 3.92.